The van der Waals surface area contributed by atoms with Gasteiger partial charge in [0.25, 0.3) is 0 Å². The summed E-state index contributed by atoms with van der Waals surface area (Å²) in [7, 11) is 3.35. The molecule has 0 aromatic heterocycles. The minimum absolute atomic E-state index is 0.0958. The van der Waals surface area contributed by atoms with Gasteiger partial charge in [0.2, 0.25) is 0 Å². The van der Waals surface area contributed by atoms with E-state index in [9.17, 15) is 0 Å². The van der Waals surface area contributed by atoms with E-state index in [1.54, 1.807) is 14.2 Å². The van der Waals surface area contributed by atoms with Gasteiger partial charge in [-0.2, -0.15) is 0 Å². The van der Waals surface area contributed by atoms with Crippen LogP contribution in [0.5, 0.6) is 11.5 Å². The first-order valence-corrected chi connectivity index (χ1v) is 7.60. The highest BCUT2D eigenvalue weighted by molar-refractivity contribution is 5.58. The highest BCUT2D eigenvalue weighted by Gasteiger charge is 2.24. The summed E-state index contributed by atoms with van der Waals surface area (Å²) in [5, 5.41) is 6.87. The molecule has 2 aromatic rings. The third kappa shape index (κ3) is 3.67. The Morgan fingerprint density at radius 3 is 1.65 bits per heavy atom. The monoisotopic (exact) mass is 314 g/mol. The summed E-state index contributed by atoms with van der Waals surface area (Å²) in [4.78, 5) is 0. The summed E-state index contributed by atoms with van der Waals surface area (Å²) in [6.45, 7) is 0. The van der Waals surface area contributed by atoms with Crippen molar-refractivity contribution in [3.63, 3.8) is 0 Å². The number of hydrogen-bond acceptors (Lipinski definition) is 6. The molecule has 1 saturated heterocycles. The van der Waals surface area contributed by atoms with E-state index in [1.165, 1.54) is 0 Å². The molecule has 2 atom stereocenters. The largest absolute Gasteiger partial charge is 0.495 e. The maximum absolute atomic E-state index is 5.37. The van der Waals surface area contributed by atoms with Crippen molar-refractivity contribution in [2.24, 2.45) is 0 Å². The van der Waals surface area contributed by atoms with Gasteiger partial charge in [-0.3, -0.25) is 0 Å². The molecule has 23 heavy (non-hydrogen) atoms. The molecule has 0 bridgehead atoms. The second-order valence-corrected chi connectivity index (χ2v) is 5.32. The third-order valence-electron chi connectivity index (χ3n) is 3.78. The van der Waals surface area contributed by atoms with E-state index in [-0.39, 0.29) is 12.3 Å². The number of benzene rings is 2. The lowest BCUT2D eigenvalue weighted by Gasteiger charge is -2.17. The van der Waals surface area contributed by atoms with E-state index in [1.807, 2.05) is 48.5 Å². The Morgan fingerprint density at radius 2 is 1.22 bits per heavy atom. The maximum atomic E-state index is 5.37. The molecule has 0 spiro atoms. The van der Waals surface area contributed by atoms with Crippen LogP contribution in [0.2, 0.25) is 0 Å². The molecule has 2 aromatic carbocycles. The van der Waals surface area contributed by atoms with Gasteiger partial charge in [0.05, 0.1) is 37.9 Å². The van der Waals surface area contributed by atoms with Crippen LogP contribution in [0.25, 0.3) is 0 Å². The van der Waals surface area contributed by atoms with Gasteiger partial charge < -0.3 is 20.1 Å². The van der Waals surface area contributed by atoms with Gasteiger partial charge >= 0.3 is 0 Å². The van der Waals surface area contributed by atoms with E-state index >= 15 is 0 Å². The Balaban J connectivity index is 1.60. The number of nitrogens with one attached hydrogen (secondary N) is 4. The lowest BCUT2D eigenvalue weighted by atomic mass is 10.2. The topological polar surface area (TPSA) is 66.6 Å². The zero-order chi connectivity index (χ0) is 16.1. The van der Waals surface area contributed by atoms with Crippen LogP contribution in [0.15, 0.2) is 48.5 Å². The third-order valence-corrected chi connectivity index (χ3v) is 3.78. The quantitative estimate of drug-likeness (QED) is 0.656. The van der Waals surface area contributed by atoms with Gasteiger partial charge in [-0.15, -0.1) is 0 Å². The van der Waals surface area contributed by atoms with Gasteiger partial charge in [0.1, 0.15) is 11.5 Å². The molecular formula is C17H22N4O2. The number of para-hydroxylation sites is 4. The minimum atomic E-state index is 0.0958. The van der Waals surface area contributed by atoms with Crippen LogP contribution in [0.1, 0.15) is 6.42 Å². The van der Waals surface area contributed by atoms with Crippen LogP contribution in [-0.4, -0.2) is 26.6 Å². The average Bonchev–Trinajstić information content (AvgIpc) is 3.03. The van der Waals surface area contributed by atoms with E-state index in [0.717, 1.165) is 29.3 Å². The molecule has 1 heterocycles. The van der Waals surface area contributed by atoms with Crippen molar-refractivity contribution in [3.05, 3.63) is 48.5 Å². The molecule has 1 fully saturated rings. The molecule has 0 amide bonds. The van der Waals surface area contributed by atoms with Crippen LogP contribution >= 0.6 is 0 Å². The number of hydrazine groups is 1. The Bertz CT molecular complexity index is 594. The Hall–Kier alpha value is -2.44. The Kier molecular flexibility index (Phi) is 4.85. The number of hydrogen-bond donors (Lipinski definition) is 4. The normalized spacial score (nSPS) is 20.1. The fourth-order valence-electron chi connectivity index (χ4n) is 2.65. The number of rotatable bonds is 6. The van der Waals surface area contributed by atoms with E-state index in [4.69, 9.17) is 9.47 Å². The first kappa shape index (κ1) is 15.5. The number of ether oxygens (including phenoxy) is 2. The summed E-state index contributed by atoms with van der Waals surface area (Å²) in [5.74, 6) is 1.66. The van der Waals surface area contributed by atoms with Crippen molar-refractivity contribution in [1.29, 1.82) is 0 Å². The maximum Gasteiger partial charge on any atom is 0.141 e. The van der Waals surface area contributed by atoms with Crippen molar-refractivity contribution in [3.8, 4) is 11.5 Å². The summed E-state index contributed by atoms with van der Waals surface area (Å²) in [6, 6.07) is 15.8. The first-order chi connectivity index (χ1) is 11.3. The minimum Gasteiger partial charge on any atom is -0.495 e. The molecule has 1 aliphatic rings. The molecule has 6 heteroatoms. The zero-order valence-corrected chi connectivity index (χ0v) is 13.3. The molecule has 0 aliphatic carbocycles. The number of methoxy groups -OCH3 is 2. The molecular weight excluding hydrogens is 292 g/mol. The van der Waals surface area contributed by atoms with Gasteiger partial charge in [0.15, 0.2) is 0 Å². The first-order valence-electron chi connectivity index (χ1n) is 7.60. The molecule has 0 saturated carbocycles. The molecule has 1 aliphatic heterocycles. The zero-order valence-electron chi connectivity index (χ0n) is 13.3. The van der Waals surface area contributed by atoms with Gasteiger partial charge in [0, 0.05) is 6.42 Å². The second kappa shape index (κ2) is 7.21. The van der Waals surface area contributed by atoms with Crippen molar-refractivity contribution in [2.45, 2.75) is 18.8 Å². The predicted molar refractivity (Wildman–Crippen MR) is 91.7 cm³/mol. The van der Waals surface area contributed by atoms with Crippen LogP contribution in [0.3, 0.4) is 0 Å². The SMILES string of the molecule is COc1ccccc1NC1CC(Nc2ccccc2OC)NN1. The summed E-state index contributed by atoms with van der Waals surface area (Å²) >= 11 is 0. The van der Waals surface area contributed by atoms with E-state index in [2.05, 4.69) is 21.5 Å². The standard InChI is InChI=1S/C17H22N4O2/c1-22-14-9-5-3-7-12(14)18-16-11-17(21-20-16)19-13-8-4-6-10-15(13)23-2/h3-10,16-21H,11H2,1-2H3. The smallest absolute Gasteiger partial charge is 0.141 e. The Morgan fingerprint density at radius 1 is 0.783 bits per heavy atom. The van der Waals surface area contributed by atoms with Gasteiger partial charge in [-0.05, 0) is 24.3 Å². The second-order valence-electron chi connectivity index (χ2n) is 5.32. The molecule has 122 valence electrons. The fraction of sp³-hybridized carbons (Fsp3) is 0.294. The predicted octanol–water partition coefficient (Wildman–Crippen LogP) is 2.38. The summed E-state index contributed by atoms with van der Waals surface area (Å²) in [6.07, 6.45) is 1.05. The van der Waals surface area contributed by atoms with Crippen LogP contribution in [0.4, 0.5) is 11.4 Å². The summed E-state index contributed by atoms with van der Waals surface area (Å²) in [5.41, 5.74) is 8.42. The molecule has 3 rings (SSSR count). The van der Waals surface area contributed by atoms with Crippen molar-refractivity contribution in [2.75, 3.05) is 24.9 Å². The fourth-order valence-corrected chi connectivity index (χ4v) is 2.65. The highest BCUT2D eigenvalue weighted by Crippen LogP contribution is 2.27. The molecule has 6 nitrogen and oxygen atoms in total. The van der Waals surface area contributed by atoms with Crippen LogP contribution in [0, 0.1) is 0 Å². The Labute approximate surface area is 136 Å². The van der Waals surface area contributed by atoms with Gasteiger partial charge in [-0.1, -0.05) is 24.3 Å². The van der Waals surface area contributed by atoms with Crippen LogP contribution in [-0.2, 0) is 0 Å². The molecule has 2 unspecified atom stereocenters. The molecule has 4 N–H and O–H groups in total. The highest BCUT2D eigenvalue weighted by atomic mass is 16.5. The number of anilines is 2. The van der Waals surface area contributed by atoms with E-state index < -0.39 is 0 Å². The lowest BCUT2D eigenvalue weighted by Crippen LogP contribution is -2.39. The average molecular weight is 314 g/mol. The van der Waals surface area contributed by atoms with Crippen molar-refractivity contribution >= 4 is 11.4 Å². The lowest BCUT2D eigenvalue weighted by molar-refractivity contribution is 0.415. The summed E-state index contributed by atoms with van der Waals surface area (Å²) < 4.78 is 10.7. The van der Waals surface area contributed by atoms with Crippen molar-refractivity contribution < 1.29 is 9.47 Å². The van der Waals surface area contributed by atoms with E-state index in [0.29, 0.717) is 0 Å². The van der Waals surface area contributed by atoms with Crippen molar-refractivity contribution in [1.82, 2.24) is 10.9 Å². The van der Waals surface area contributed by atoms with Crippen LogP contribution < -0.4 is 31.0 Å². The van der Waals surface area contributed by atoms with Gasteiger partial charge in [-0.25, -0.2) is 10.9 Å². The molecule has 0 radical (unpaired) electrons.